The number of nitrogens with zero attached hydrogens (tertiary/aromatic N) is 1. The molecule has 0 atom stereocenters. The Balaban J connectivity index is 0.000000980. The van der Waals surface area contributed by atoms with Crippen molar-refractivity contribution < 1.29 is 0 Å². The lowest BCUT2D eigenvalue weighted by Crippen LogP contribution is -2.46. The summed E-state index contributed by atoms with van der Waals surface area (Å²) in [4.78, 5) is 2.72. The van der Waals surface area contributed by atoms with E-state index in [1.165, 1.54) is 51.9 Å². The maximum Gasteiger partial charge on any atom is 0.0119 e. The van der Waals surface area contributed by atoms with Crippen LogP contribution in [0.4, 0.5) is 0 Å². The molecule has 2 heterocycles. The number of hydrogen-bond donors (Lipinski definition) is 1. The van der Waals surface area contributed by atoms with Crippen LogP contribution < -0.4 is 5.32 Å². The molecule has 0 saturated carbocycles. The Hall–Kier alpha value is -0.0800. The largest absolute Gasteiger partial charge is 0.317 e. The summed E-state index contributed by atoms with van der Waals surface area (Å²) in [6, 6.07) is 0.897. The molecule has 2 nitrogen and oxygen atoms in total. The number of nitrogens with one attached hydrogen (secondary N) is 1. The van der Waals surface area contributed by atoms with E-state index < -0.39 is 0 Å². The van der Waals surface area contributed by atoms with E-state index in [9.17, 15) is 0 Å². The third-order valence-corrected chi connectivity index (χ3v) is 3.64. The molecule has 2 heteroatoms. The van der Waals surface area contributed by atoms with E-state index in [0.717, 1.165) is 12.0 Å². The Labute approximate surface area is 89.1 Å². The Bertz CT molecular complexity index is 144. The quantitative estimate of drug-likeness (QED) is 0.694. The van der Waals surface area contributed by atoms with E-state index in [1.807, 2.05) is 0 Å². The molecule has 0 bridgehead atoms. The molecule has 84 valence electrons. The van der Waals surface area contributed by atoms with Crippen molar-refractivity contribution in [3.8, 4) is 0 Å². The molecule has 14 heavy (non-hydrogen) atoms. The minimum atomic E-state index is 0. The van der Waals surface area contributed by atoms with Crippen molar-refractivity contribution in [2.24, 2.45) is 5.92 Å². The molecule has 2 aliphatic rings. The normalized spacial score (nSPS) is 27.2. The lowest BCUT2D eigenvalue weighted by Gasteiger charge is -2.38. The van der Waals surface area contributed by atoms with Crippen molar-refractivity contribution in [1.29, 1.82) is 0 Å². The molecule has 0 aromatic carbocycles. The highest BCUT2D eigenvalue weighted by Gasteiger charge is 2.24. The molecule has 2 aliphatic heterocycles. The van der Waals surface area contributed by atoms with Crippen LogP contribution in [0, 0.1) is 5.92 Å². The maximum atomic E-state index is 3.44. The first kappa shape index (κ1) is 12.0. The van der Waals surface area contributed by atoms with E-state index in [4.69, 9.17) is 0 Å². The minimum Gasteiger partial charge on any atom is -0.317 e. The van der Waals surface area contributed by atoms with Crippen molar-refractivity contribution in [3.05, 3.63) is 0 Å². The predicted octanol–water partition coefficient (Wildman–Crippen LogP) is 2.11. The van der Waals surface area contributed by atoms with Crippen LogP contribution in [-0.4, -0.2) is 37.1 Å². The lowest BCUT2D eigenvalue weighted by atomic mass is 9.95. The zero-order valence-corrected chi connectivity index (χ0v) is 8.76. The summed E-state index contributed by atoms with van der Waals surface area (Å²) in [6.07, 6.45) is 5.58. The Morgan fingerprint density at radius 2 is 1.57 bits per heavy atom. The number of piperidine rings is 2. The van der Waals surface area contributed by atoms with Gasteiger partial charge >= 0.3 is 0 Å². The van der Waals surface area contributed by atoms with Gasteiger partial charge in [-0.1, -0.05) is 14.4 Å². The fraction of sp³-hybridized carbons (Fsp3) is 1.00. The first-order chi connectivity index (χ1) is 6.36. The highest BCUT2D eigenvalue weighted by molar-refractivity contribution is 4.80. The second kappa shape index (κ2) is 5.72. The smallest absolute Gasteiger partial charge is 0.0119 e. The van der Waals surface area contributed by atoms with Crippen molar-refractivity contribution in [1.82, 2.24) is 10.2 Å². The summed E-state index contributed by atoms with van der Waals surface area (Å²) in [7, 11) is 0. The second-order valence-corrected chi connectivity index (χ2v) is 4.70. The van der Waals surface area contributed by atoms with Crippen LogP contribution in [0.25, 0.3) is 0 Å². The average molecular weight is 198 g/mol. The summed E-state index contributed by atoms with van der Waals surface area (Å²) in [5, 5.41) is 3.44. The molecule has 0 radical (unpaired) electrons. The summed E-state index contributed by atoms with van der Waals surface area (Å²) < 4.78 is 0. The Morgan fingerprint density at radius 1 is 1.00 bits per heavy atom. The molecule has 2 rings (SSSR count). The predicted molar refractivity (Wildman–Crippen MR) is 62.6 cm³/mol. The van der Waals surface area contributed by atoms with Gasteiger partial charge in [0.2, 0.25) is 0 Å². The van der Waals surface area contributed by atoms with Crippen LogP contribution in [0.2, 0.25) is 0 Å². The van der Waals surface area contributed by atoms with E-state index in [-0.39, 0.29) is 7.43 Å². The van der Waals surface area contributed by atoms with Crippen LogP contribution in [0.1, 0.15) is 40.0 Å². The SMILES string of the molecule is C.CC1CCN(C2CCNCC2)CC1. The van der Waals surface area contributed by atoms with E-state index in [2.05, 4.69) is 17.1 Å². The first-order valence-corrected chi connectivity index (χ1v) is 5.81. The zero-order chi connectivity index (χ0) is 9.10. The van der Waals surface area contributed by atoms with Crippen molar-refractivity contribution in [2.75, 3.05) is 26.2 Å². The summed E-state index contributed by atoms with van der Waals surface area (Å²) in [6.45, 7) is 7.56. The molecule has 0 spiro atoms. The molecule has 0 aliphatic carbocycles. The molecule has 0 aromatic rings. The van der Waals surface area contributed by atoms with Crippen molar-refractivity contribution in [3.63, 3.8) is 0 Å². The van der Waals surface area contributed by atoms with Crippen LogP contribution in [0.3, 0.4) is 0 Å². The fourth-order valence-corrected chi connectivity index (χ4v) is 2.57. The van der Waals surface area contributed by atoms with Gasteiger partial charge in [-0.2, -0.15) is 0 Å². The molecular weight excluding hydrogens is 172 g/mol. The zero-order valence-electron chi connectivity index (χ0n) is 8.76. The van der Waals surface area contributed by atoms with Gasteiger partial charge in [0.25, 0.3) is 0 Å². The first-order valence-electron chi connectivity index (χ1n) is 5.81. The molecule has 2 fully saturated rings. The highest BCUT2D eigenvalue weighted by atomic mass is 15.2. The van der Waals surface area contributed by atoms with Crippen LogP contribution in [0.15, 0.2) is 0 Å². The van der Waals surface area contributed by atoms with Crippen molar-refractivity contribution in [2.45, 2.75) is 46.1 Å². The Morgan fingerprint density at radius 3 is 2.14 bits per heavy atom. The van der Waals surface area contributed by atoms with Gasteiger partial charge in [0, 0.05) is 6.04 Å². The van der Waals surface area contributed by atoms with Gasteiger partial charge < -0.3 is 10.2 Å². The van der Waals surface area contributed by atoms with Gasteiger partial charge in [0.1, 0.15) is 0 Å². The third kappa shape index (κ3) is 2.96. The molecular formula is C12H26N2. The third-order valence-electron chi connectivity index (χ3n) is 3.64. The van der Waals surface area contributed by atoms with Gasteiger partial charge in [-0.3, -0.25) is 0 Å². The van der Waals surface area contributed by atoms with Crippen LogP contribution in [0.5, 0.6) is 0 Å². The molecule has 2 saturated heterocycles. The second-order valence-electron chi connectivity index (χ2n) is 4.70. The Kier molecular flexibility index (Phi) is 4.90. The average Bonchev–Trinajstić information content (AvgIpc) is 2.20. The van der Waals surface area contributed by atoms with Crippen LogP contribution >= 0.6 is 0 Å². The summed E-state index contributed by atoms with van der Waals surface area (Å²) in [5.74, 6) is 0.970. The van der Waals surface area contributed by atoms with Gasteiger partial charge in [0.05, 0.1) is 0 Å². The van der Waals surface area contributed by atoms with Crippen LogP contribution in [-0.2, 0) is 0 Å². The van der Waals surface area contributed by atoms with E-state index in [0.29, 0.717) is 0 Å². The number of hydrogen-bond acceptors (Lipinski definition) is 2. The van der Waals surface area contributed by atoms with E-state index in [1.54, 1.807) is 0 Å². The number of rotatable bonds is 1. The topological polar surface area (TPSA) is 15.3 Å². The molecule has 0 aromatic heterocycles. The monoisotopic (exact) mass is 198 g/mol. The van der Waals surface area contributed by atoms with Gasteiger partial charge in [0.15, 0.2) is 0 Å². The van der Waals surface area contributed by atoms with Gasteiger partial charge in [-0.05, 0) is 57.8 Å². The van der Waals surface area contributed by atoms with Gasteiger partial charge in [-0.15, -0.1) is 0 Å². The standard InChI is InChI=1S/C11H22N2.CH4/c1-10-4-8-13(9-5-10)11-2-6-12-7-3-11;/h10-12H,2-9H2,1H3;1H4. The molecule has 1 N–H and O–H groups in total. The maximum absolute atomic E-state index is 3.44. The summed E-state index contributed by atoms with van der Waals surface area (Å²) >= 11 is 0. The van der Waals surface area contributed by atoms with Crippen molar-refractivity contribution >= 4 is 0 Å². The fourth-order valence-electron chi connectivity index (χ4n) is 2.57. The molecule has 0 amide bonds. The highest BCUT2D eigenvalue weighted by Crippen LogP contribution is 2.21. The number of likely N-dealkylation sites (tertiary alicyclic amines) is 1. The van der Waals surface area contributed by atoms with Gasteiger partial charge in [-0.25, -0.2) is 0 Å². The summed E-state index contributed by atoms with van der Waals surface area (Å²) in [5.41, 5.74) is 0. The minimum absolute atomic E-state index is 0. The van der Waals surface area contributed by atoms with E-state index >= 15 is 0 Å². The lowest BCUT2D eigenvalue weighted by molar-refractivity contribution is 0.115. The molecule has 0 unspecified atom stereocenters.